The fourth-order valence-corrected chi connectivity index (χ4v) is 2.05. The van der Waals surface area contributed by atoms with Gasteiger partial charge in [-0.25, -0.2) is 9.78 Å². The normalized spacial score (nSPS) is 10.9. The Kier molecular flexibility index (Phi) is 3.19. The molecule has 2 rings (SSSR count). The van der Waals surface area contributed by atoms with E-state index in [0.29, 0.717) is 11.5 Å². The molecule has 2 aromatic rings. The minimum Gasteiger partial charge on any atom is -0.478 e. The van der Waals surface area contributed by atoms with E-state index in [1.54, 1.807) is 18.5 Å². The highest BCUT2D eigenvalue weighted by molar-refractivity contribution is 5.90. The van der Waals surface area contributed by atoms with E-state index >= 15 is 0 Å². The minimum atomic E-state index is -0.902. The lowest BCUT2D eigenvalue weighted by Crippen LogP contribution is -2.07. The molecule has 1 heterocycles. The number of nitrogens with zero attached hydrogens (tertiary/aromatic N) is 2. The standard InChI is InChI=1S/C14H16N2O2/c1-9(2)13-7-15-8-16(13)12-6-4-5-11(10(12)3)14(17)18/h4-9H,1-3H3,(H,17,18). The molecule has 0 radical (unpaired) electrons. The van der Waals surface area contributed by atoms with Crippen molar-refractivity contribution in [2.45, 2.75) is 26.7 Å². The highest BCUT2D eigenvalue weighted by Gasteiger charge is 2.14. The molecule has 0 aliphatic rings. The van der Waals surface area contributed by atoms with Crippen molar-refractivity contribution in [3.05, 3.63) is 47.5 Å². The summed E-state index contributed by atoms with van der Waals surface area (Å²) in [4.78, 5) is 15.3. The van der Waals surface area contributed by atoms with Gasteiger partial charge in [-0.3, -0.25) is 0 Å². The highest BCUT2D eigenvalue weighted by atomic mass is 16.4. The van der Waals surface area contributed by atoms with Crippen LogP contribution < -0.4 is 0 Å². The zero-order valence-electron chi connectivity index (χ0n) is 10.7. The van der Waals surface area contributed by atoms with Crippen LogP contribution in [0, 0.1) is 6.92 Å². The average molecular weight is 244 g/mol. The first-order chi connectivity index (χ1) is 8.52. The summed E-state index contributed by atoms with van der Waals surface area (Å²) in [6.45, 7) is 6.00. The third-order valence-electron chi connectivity index (χ3n) is 3.05. The predicted octanol–water partition coefficient (Wildman–Crippen LogP) is 3.00. The molecule has 0 saturated heterocycles. The molecule has 4 heteroatoms. The number of aromatic nitrogens is 2. The molecule has 1 N–H and O–H groups in total. The van der Waals surface area contributed by atoms with Crippen molar-refractivity contribution in [1.82, 2.24) is 9.55 Å². The van der Waals surface area contributed by atoms with E-state index in [4.69, 9.17) is 5.11 Å². The van der Waals surface area contributed by atoms with Crippen molar-refractivity contribution >= 4 is 5.97 Å². The number of carbonyl (C=O) groups is 1. The third-order valence-corrected chi connectivity index (χ3v) is 3.05. The number of hydrogen-bond donors (Lipinski definition) is 1. The van der Waals surface area contributed by atoms with Crippen LogP contribution in [0.25, 0.3) is 5.69 Å². The second-order valence-corrected chi connectivity index (χ2v) is 4.60. The first-order valence-corrected chi connectivity index (χ1v) is 5.88. The van der Waals surface area contributed by atoms with Crippen LogP contribution in [0.15, 0.2) is 30.7 Å². The number of benzene rings is 1. The average Bonchev–Trinajstić information content (AvgIpc) is 2.77. The molecule has 0 aliphatic carbocycles. The molecule has 1 aromatic carbocycles. The Balaban J connectivity index is 2.61. The smallest absolute Gasteiger partial charge is 0.336 e. The molecule has 1 aromatic heterocycles. The maximum Gasteiger partial charge on any atom is 0.336 e. The fraction of sp³-hybridized carbons (Fsp3) is 0.286. The van der Waals surface area contributed by atoms with Crippen LogP contribution >= 0.6 is 0 Å². The Morgan fingerprint density at radius 3 is 2.72 bits per heavy atom. The fourth-order valence-electron chi connectivity index (χ4n) is 2.05. The van der Waals surface area contributed by atoms with Crippen molar-refractivity contribution in [2.24, 2.45) is 0 Å². The van der Waals surface area contributed by atoms with Crippen LogP contribution in [0.2, 0.25) is 0 Å². The summed E-state index contributed by atoms with van der Waals surface area (Å²) in [5.41, 5.74) is 3.03. The number of carboxylic acid groups (broad SMARTS) is 1. The van der Waals surface area contributed by atoms with Crippen molar-refractivity contribution in [3.8, 4) is 5.69 Å². The van der Waals surface area contributed by atoms with E-state index in [1.165, 1.54) is 0 Å². The summed E-state index contributed by atoms with van der Waals surface area (Å²) in [7, 11) is 0. The topological polar surface area (TPSA) is 55.1 Å². The zero-order valence-corrected chi connectivity index (χ0v) is 10.7. The Labute approximate surface area is 106 Å². The van der Waals surface area contributed by atoms with Crippen molar-refractivity contribution < 1.29 is 9.90 Å². The second kappa shape index (κ2) is 4.64. The molecule has 18 heavy (non-hydrogen) atoms. The molecule has 0 spiro atoms. The summed E-state index contributed by atoms with van der Waals surface area (Å²) in [5, 5.41) is 9.14. The molecule has 0 aliphatic heterocycles. The predicted molar refractivity (Wildman–Crippen MR) is 69.3 cm³/mol. The summed E-state index contributed by atoms with van der Waals surface area (Å²) < 4.78 is 1.95. The Hall–Kier alpha value is -2.10. The Morgan fingerprint density at radius 1 is 1.39 bits per heavy atom. The van der Waals surface area contributed by atoms with Crippen molar-refractivity contribution in [2.75, 3.05) is 0 Å². The first-order valence-electron chi connectivity index (χ1n) is 5.88. The zero-order chi connectivity index (χ0) is 13.3. The molecule has 0 unspecified atom stereocenters. The van der Waals surface area contributed by atoms with Gasteiger partial charge < -0.3 is 9.67 Å². The van der Waals surface area contributed by atoms with E-state index in [9.17, 15) is 4.79 Å². The van der Waals surface area contributed by atoms with Crippen LogP contribution in [0.1, 0.15) is 41.4 Å². The van der Waals surface area contributed by atoms with Gasteiger partial charge in [0.15, 0.2) is 0 Å². The molecule has 0 amide bonds. The van der Waals surface area contributed by atoms with Gasteiger partial charge in [0.1, 0.15) is 0 Å². The second-order valence-electron chi connectivity index (χ2n) is 4.60. The van der Waals surface area contributed by atoms with Crippen LogP contribution in [-0.4, -0.2) is 20.6 Å². The van der Waals surface area contributed by atoms with Crippen LogP contribution in [0.4, 0.5) is 0 Å². The molecule has 4 nitrogen and oxygen atoms in total. The van der Waals surface area contributed by atoms with E-state index < -0.39 is 5.97 Å². The van der Waals surface area contributed by atoms with Crippen molar-refractivity contribution in [3.63, 3.8) is 0 Å². The summed E-state index contributed by atoms with van der Waals surface area (Å²) in [6, 6.07) is 5.29. The molecule has 0 saturated carbocycles. The lowest BCUT2D eigenvalue weighted by molar-refractivity contribution is 0.0696. The summed E-state index contributed by atoms with van der Waals surface area (Å²) >= 11 is 0. The highest BCUT2D eigenvalue weighted by Crippen LogP contribution is 2.23. The van der Waals surface area contributed by atoms with Gasteiger partial charge in [-0.05, 0) is 30.5 Å². The number of hydrogen-bond acceptors (Lipinski definition) is 2. The molecule has 94 valence electrons. The van der Waals surface area contributed by atoms with E-state index in [-0.39, 0.29) is 0 Å². The Bertz CT molecular complexity index is 585. The largest absolute Gasteiger partial charge is 0.478 e. The molecule has 0 bridgehead atoms. The van der Waals surface area contributed by atoms with E-state index in [0.717, 1.165) is 16.9 Å². The van der Waals surface area contributed by atoms with Gasteiger partial charge in [-0.15, -0.1) is 0 Å². The van der Waals surface area contributed by atoms with E-state index in [1.807, 2.05) is 23.8 Å². The van der Waals surface area contributed by atoms with Crippen molar-refractivity contribution in [1.29, 1.82) is 0 Å². The van der Waals surface area contributed by atoms with Gasteiger partial charge in [-0.2, -0.15) is 0 Å². The molecular formula is C14H16N2O2. The summed E-state index contributed by atoms with van der Waals surface area (Å²) in [6.07, 6.45) is 3.54. The van der Waals surface area contributed by atoms with Gasteiger partial charge >= 0.3 is 5.97 Å². The minimum absolute atomic E-state index is 0.330. The molecular weight excluding hydrogens is 228 g/mol. The maximum absolute atomic E-state index is 11.1. The number of carboxylic acids is 1. The van der Waals surface area contributed by atoms with Crippen LogP contribution in [0.3, 0.4) is 0 Å². The number of rotatable bonds is 3. The third kappa shape index (κ3) is 2.01. The number of imidazole rings is 1. The first kappa shape index (κ1) is 12.4. The summed E-state index contributed by atoms with van der Waals surface area (Å²) in [5.74, 6) is -0.569. The quantitative estimate of drug-likeness (QED) is 0.903. The van der Waals surface area contributed by atoms with Gasteiger partial charge in [0.2, 0.25) is 0 Å². The Morgan fingerprint density at radius 2 is 2.11 bits per heavy atom. The van der Waals surface area contributed by atoms with E-state index in [2.05, 4.69) is 18.8 Å². The van der Waals surface area contributed by atoms with Gasteiger partial charge in [0.05, 0.1) is 17.6 Å². The molecule has 0 fully saturated rings. The van der Waals surface area contributed by atoms with Crippen LogP contribution in [0.5, 0.6) is 0 Å². The van der Waals surface area contributed by atoms with Gasteiger partial charge in [0.25, 0.3) is 0 Å². The number of aromatic carboxylic acids is 1. The van der Waals surface area contributed by atoms with Gasteiger partial charge in [0, 0.05) is 11.9 Å². The molecule has 0 atom stereocenters. The lowest BCUT2D eigenvalue weighted by atomic mass is 10.1. The maximum atomic E-state index is 11.1. The lowest BCUT2D eigenvalue weighted by Gasteiger charge is -2.14. The SMILES string of the molecule is Cc1c(C(=O)O)cccc1-n1cncc1C(C)C. The monoisotopic (exact) mass is 244 g/mol. The van der Waals surface area contributed by atoms with Gasteiger partial charge in [-0.1, -0.05) is 19.9 Å². The van der Waals surface area contributed by atoms with Crippen LogP contribution in [-0.2, 0) is 0 Å².